The largest absolute Gasteiger partial charge is 0.367 e. The van der Waals surface area contributed by atoms with Gasteiger partial charge in [-0.15, -0.1) is 0 Å². The lowest BCUT2D eigenvalue weighted by atomic mass is 9.82. The van der Waals surface area contributed by atoms with Crippen molar-refractivity contribution >= 4 is 10.1 Å². The van der Waals surface area contributed by atoms with Crippen molar-refractivity contribution in [3.05, 3.63) is 100 Å². The first-order chi connectivity index (χ1) is 15.4. The van der Waals surface area contributed by atoms with Gasteiger partial charge in [-0.3, -0.25) is 4.18 Å². The number of rotatable bonds is 4. The second kappa shape index (κ2) is 8.43. The first-order valence-electron chi connectivity index (χ1n) is 10.9. The van der Waals surface area contributed by atoms with Crippen LogP contribution in [0, 0.1) is 12.7 Å². The topological polar surface area (TPSA) is 52.6 Å². The molecule has 3 aromatic carbocycles. The van der Waals surface area contributed by atoms with E-state index < -0.39 is 16.2 Å². The maximum Gasteiger partial charge on any atom is 0.297 e. The number of fused-ring (bicyclic) bond motifs is 5. The Hall–Kier alpha value is -2.54. The number of benzene rings is 3. The minimum absolute atomic E-state index is 0.0638. The Bertz CT molecular complexity index is 1240. The average molecular weight is 453 g/mol. The summed E-state index contributed by atoms with van der Waals surface area (Å²) >= 11 is 0. The first-order valence-corrected chi connectivity index (χ1v) is 12.3. The smallest absolute Gasteiger partial charge is 0.297 e. The predicted molar refractivity (Wildman–Crippen MR) is 120 cm³/mol. The molecule has 166 valence electrons. The number of aryl methyl sites for hydroxylation is 1. The molecule has 0 bridgehead atoms. The fourth-order valence-corrected chi connectivity index (χ4v) is 5.75. The Balaban J connectivity index is 1.40. The second-order valence-electron chi connectivity index (χ2n) is 8.63. The van der Waals surface area contributed by atoms with Crippen LogP contribution in [-0.2, 0) is 25.5 Å². The molecule has 0 amide bonds. The molecular formula is C26H25FO4S. The van der Waals surface area contributed by atoms with Gasteiger partial charge in [0.05, 0.1) is 23.7 Å². The number of ether oxygens (including phenoxy) is 1. The van der Waals surface area contributed by atoms with Gasteiger partial charge in [-0.25, -0.2) is 4.39 Å². The second-order valence-corrected chi connectivity index (χ2v) is 10.2. The van der Waals surface area contributed by atoms with Gasteiger partial charge in [0, 0.05) is 5.92 Å². The first kappa shape index (κ1) is 21.3. The van der Waals surface area contributed by atoms with Crippen LogP contribution in [0.3, 0.4) is 0 Å². The fraction of sp³-hybridized carbons (Fsp3) is 0.308. The van der Waals surface area contributed by atoms with Crippen molar-refractivity contribution in [1.29, 1.82) is 0 Å². The van der Waals surface area contributed by atoms with E-state index >= 15 is 0 Å². The molecule has 0 aromatic heterocycles. The third-order valence-electron chi connectivity index (χ3n) is 6.47. The summed E-state index contributed by atoms with van der Waals surface area (Å²) in [6.45, 7) is 1.83. The lowest BCUT2D eigenvalue weighted by Crippen LogP contribution is -2.32. The summed E-state index contributed by atoms with van der Waals surface area (Å²) in [5.41, 5.74) is 5.32. The molecule has 4 nitrogen and oxygen atoms in total. The molecule has 32 heavy (non-hydrogen) atoms. The van der Waals surface area contributed by atoms with Gasteiger partial charge in [-0.1, -0.05) is 48.0 Å². The molecule has 1 heterocycles. The van der Waals surface area contributed by atoms with Crippen LogP contribution in [0.1, 0.15) is 52.7 Å². The van der Waals surface area contributed by atoms with Crippen molar-refractivity contribution in [1.82, 2.24) is 0 Å². The standard InChI is InChI=1S/C26H25FO4S/c1-17-6-11-22(12-7-17)32(28,29)30-16-21-10-13-24-23-5-3-2-4-18(23)14-19-8-9-20(27)15-25(19)26(24)31-21/h2-9,11-12,15,21,24,26H,10,13-14,16H2,1H3/t21-,24-,26+/m1/s1. The van der Waals surface area contributed by atoms with Gasteiger partial charge in [0.2, 0.25) is 0 Å². The van der Waals surface area contributed by atoms with Crippen LogP contribution in [0.15, 0.2) is 71.6 Å². The summed E-state index contributed by atoms with van der Waals surface area (Å²) in [5, 5.41) is 0. The van der Waals surface area contributed by atoms with Crippen molar-refractivity contribution in [3.63, 3.8) is 0 Å². The molecule has 0 saturated carbocycles. The Morgan fingerprint density at radius 1 is 0.969 bits per heavy atom. The van der Waals surface area contributed by atoms with Gasteiger partial charge in [0.15, 0.2) is 0 Å². The SMILES string of the molecule is Cc1ccc(S(=O)(=O)OC[C@H]2CC[C@@H]3c4ccccc4Cc4ccc(F)cc4[C@H]3O2)cc1. The summed E-state index contributed by atoms with van der Waals surface area (Å²) < 4.78 is 51.1. The Morgan fingerprint density at radius 2 is 1.72 bits per heavy atom. The molecule has 1 aliphatic carbocycles. The van der Waals surface area contributed by atoms with Gasteiger partial charge >= 0.3 is 0 Å². The Kier molecular flexibility index (Phi) is 5.61. The number of hydrogen-bond acceptors (Lipinski definition) is 4. The van der Waals surface area contributed by atoms with E-state index in [-0.39, 0.29) is 29.3 Å². The van der Waals surface area contributed by atoms with Gasteiger partial charge in [-0.05, 0) is 72.7 Å². The minimum atomic E-state index is -3.87. The van der Waals surface area contributed by atoms with Crippen LogP contribution in [0.2, 0.25) is 0 Å². The van der Waals surface area contributed by atoms with E-state index in [1.54, 1.807) is 30.3 Å². The summed E-state index contributed by atoms with van der Waals surface area (Å²) in [5.74, 6) is -0.198. The third kappa shape index (κ3) is 4.10. The molecule has 6 heteroatoms. The maximum absolute atomic E-state index is 14.2. The predicted octanol–water partition coefficient (Wildman–Crippen LogP) is 5.45. The van der Waals surface area contributed by atoms with E-state index in [1.807, 2.05) is 25.1 Å². The fourth-order valence-electron chi connectivity index (χ4n) is 4.81. The van der Waals surface area contributed by atoms with E-state index in [1.165, 1.54) is 17.2 Å². The van der Waals surface area contributed by atoms with E-state index in [4.69, 9.17) is 8.92 Å². The van der Waals surface area contributed by atoms with E-state index in [0.717, 1.165) is 29.5 Å². The number of halogens is 1. The molecular weight excluding hydrogens is 427 g/mol. The molecule has 0 unspecified atom stereocenters. The summed E-state index contributed by atoms with van der Waals surface area (Å²) in [4.78, 5) is 0.132. The van der Waals surface area contributed by atoms with Crippen molar-refractivity contribution < 1.29 is 21.7 Å². The average Bonchev–Trinajstić information content (AvgIpc) is 2.92. The highest BCUT2D eigenvalue weighted by atomic mass is 32.2. The maximum atomic E-state index is 14.2. The van der Waals surface area contributed by atoms with Crippen LogP contribution in [0.5, 0.6) is 0 Å². The van der Waals surface area contributed by atoms with Gasteiger partial charge < -0.3 is 4.74 Å². The molecule has 5 rings (SSSR count). The summed E-state index contributed by atoms with van der Waals surface area (Å²) in [7, 11) is -3.87. The zero-order chi connectivity index (χ0) is 22.3. The molecule has 1 aliphatic heterocycles. The molecule has 0 spiro atoms. The van der Waals surface area contributed by atoms with Crippen molar-refractivity contribution in [2.24, 2.45) is 0 Å². The minimum Gasteiger partial charge on any atom is -0.367 e. The lowest BCUT2D eigenvalue weighted by molar-refractivity contribution is -0.0805. The zero-order valence-corrected chi connectivity index (χ0v) is 18.6. The third-order valence-corrected chi connectivity index (χ3v) is 7.77. The normalized spacial score (nSPS) is 22.4. The van der Waals surface area contributed by atoms with Crippen LogP contribution < -0.4 is 0 Å². The Morgan fingerprint density at radius 3 is 2.53 bits per heavy atom. The van der Waals surface area contributed by atoms with Crippen LogP contribution >= 0.6 is 0 Å². The van der Waals surface area contributed by atoms with E-state index in [9.17, 15) is 12.8 Å². The molecule has 0 N–H and O–H groups in total. The van der Waals surface area contributed by atoms with Crippen LogP contribution in [-0.4, -0.2) is 21.1 Å². The lowest BCUT2D eigenvalue weighted by Gasteiger charge is -2.37. The van der Waals surface area contributed by atoms with E-state index in [0.29, 0.717) is 6.42 Å². The summed E-state index contributed by atoms with van der Waals surface area (Å²) in [6, 6.07) is 19.7. The zero-order valence-electron chi connectivity index (χ0n) is 17.8. The highest BCUT2D eigenvalue weighted by molar-refractivity contribution is 7.86. The highest BCUT2D eigenvalue weighted by Gasteiger charge is 2.38. The van der Waals surface area contributed by atoms with Gasteiger partial charge in [0.25, 0.3) is 10.1 Å². The van der Waals surface area contributed by atoms with Gasteiger partial charge in [-0.2, -0.15) is 8.42 Å². The molecule has 0 radical (unpaired) electrons. The van der Waals surface area contributed by atoms with Crippen molar-refractivity contribution in [2.75, 3.05) is 6.61 Å². The monoisotopic (exact) mass is 452 g/mol. The van der Waals surface area contributed by atoms with E-state index in [2.05, 4.69) is 12.1 Å². The molecule has 3 atom stereocenters. The molecule has 1 saturated heterocycles. The Labute approximate surface area is 188 Å². The molecule has 1 fully saturated rings. The number of hydrogen-bond donors (Lipinski definition) is 0. The van der Waals surface area contributed by atoms with Crippen molar-refractivity contribution in [3.8, 4) is 0 Å². The van der Waals surface area contributed by atoms with Crippen molar-refractivity contribution in [2.45, 2.75) is 49.2 Å². The quantitative estimate of drug-likeness (QED) is 0.494. The van der Waals surface area contributed by atoms with Gasteiger partial charge in [0.1, 0.15) is 5.82 Å². The summed E-state index contributed by atoms with van der Waals surface area (Å²) in [6.07, 6.45) is 1.48. The molecule has 3 aromatic rings. The van der Waals surface area contributed by atoms with Crippen LogP contribution in [0.4, 0.5) is 4.39 Å². The highest BCUT2D eigenvalue weighted by Crippen LogP contribution is 2.47. The molecule has 2 aliphatic rings. The van der Waals surface area contributed by atoms with Crippen LogP contribution in [0.25, 0.3) is 0 Å².